The van der Waals surface area contributed by atoms with Crippen molar-refractivity contribution >= 4 is 23.2 Å². The van der Waals surface area contributed by atoms with Gasteiger partial charge in [-0.1, -0.05) is 30.7 Å². The molecule has 1 aliphatic rings. The number of carbonyl (C=O) groups excluding carboxylic acids is 1. The molecule has 0 radical (unpaired) electrons. The maximum atomic E-state index is 13.0. The van der Waals surface area contributed by atoms with Gasteiger partial charge in [0.05, 0.1) is 10.7 Å². The number of nitrogens with one attached hydrogen (secondary N) is 1. The van der Waals surface area contributed by atoms with Gasteiger partial charge in [0.2, 0.25) is 0 Å². The maximum absolute atomic E-state index is 13.0. The van der Waals surface area contributed by atoms with Crippen molar-refractivity contribution in [2.24, 2.45) is 5.92 Å². The van der Waals surface area contributed by atoms with E-state index in [1.807, 2.05) is 6.92 Å². The number of aryl methyl sites for hydroxylation is 1. The first-order chi connectivity index (χ1) is 16.2. The van der Waals surface area contributed by atoms with Gasteiger partial charge < -0.3 is 10.1 Å². The van der Waals surface area contributed by atoms with Gasteiger partial charge in [0.25, 0.3) is 5.91 Å². The third-order valence-electron chi connectivity index (χ3n) is 6.03. The van der Waals surface area contributed by atoms with Crippen LogP contribution in [0.15, 0.2) is 42.6 Å². The number of hydrogen-bond acceptors (Lipinski definition) is 4. The van der Waals surface area contributed by atoms with Gasteiger partial charge in [-0.2, -0.15) is 0 Å². The number of amides is 1. The molecular formula is C24H26ClF3N4O2. The molecule has 1 aliphatic heterocycles. The fourth-order valence-electron chi connectivity index (χ4n) is 4.28. The number of rotatable bonds is 7. The molecule has 0 atom stereocenters. The largest absolute Gasteiger partial charge is 0.573 e. The van der Waals surface area contributed by atoms with Crippen molar-refractivity contribution < 1.29 is 22.7 Å². The Morgan fingerprint density at radius 1 is 1.18 bits per heavy atom. The number of alkyl halides is 3. The molecule has 1 saturated heterocycles. The Balaban J connectivity index is 1.28. The van der Waals surface area contributed by atoms with E-state index < -0.39 is 6.36 Å². The highest BCUT2D eigenvalue weighted by molar-refractivity contribution is 6.30. The zero-order valence-electron chi connectivity index (χ0n) is 18.7. The standard InChI is InChI=1S/C24H26ClF3N4O2/c1-2-20-22(32-15-18(25)5-8-21(32)30-20)23(33)29-13-16-9-11-31(12-10-16)14-17-3-6-19(7-4-17)34-24(26,27)28/h3-8,15-16H,2,9-14H2,1H3,(H,29,33). The Hall–Kier alpha value is -2.78. The predicted molar refractivity (Wildman–Crippen MR) is 123 cm³/mol. The van der Waals surface area contributed by atoms with E-state index in [0.717, 1.165) is 37.2 Å². The van der Waals surface area contributed by atoms with Gasteiger partial charge >= 0.3 is 6.36 Å². The van der Waals surface area contributed by atoms with Crippen LogP contribution >= 0.6 is 11.6 Å². The molecule has 6 nitrogen and oxygen atoms in total. The lowest BCUT2D eigenvalue weighted by molar-refractivity contribution is -0.274. The van der Waals surface area contributed by atoms with Gasteiger partial charge in [0.1, 0.15) is 17.1 Å². The molecular weight excluding hydrogens is 469 g/mol. The first-order valence-corrected chi connectivity index (χ1v) is 11.6. The summed E-state index contributed by atoms with van der Waals surface area (Å²) in [5, 5.41) is 3.60. The van der Waals surface area contributed by atoms with E-state index >= 15 is 0 Å². The number of likely N-dealkylation sites (tertiary alicyclic amines) is 1. The number of ether oxygens (including phenoxy) is 1. The van der Waals surface area contributed by atoms with E-state index in [2.05, 4.69) is 19.9 Å². The first kappa shape index (κ1) is 24.3. The second kappa shape index (κ2) is 10.2. The molecule has 2 aromatic heterocycles. The van der Waals surface area contributed by atoms with E-state index in [1.165, 1.54) is 12.1 Å². The minimum absolute atomic E-state index is 0.157. The number of benzene rings is 1. The van der Waals surface area contributed by atoms with Crippen molar-refractivity contribution in [1.82, 2.24) is 19.6 Å². The van der Waals surface area contributed by atoms with Crippen LogP contribution in [-0.4, -0.2) is 46.2 Å². The fourth-order valence-corrected chi connectivity index (χ4v) is 4.44. The summed E-state index contributed by atoms with van der Waals surface area (Å²) in [5.74, 6) is -0.0176. The molecule has 1 aromatic carbocycles. The number of hydrogen-bond donors (Lipinski definition) is 1. The average molecular weight is 495 g/mol. The van der Waals surface area contributed by atoms with Crippen LogP contribution in [0.5, 0.6) is 5.75 Å². The van der Waals surface area contributed by atoms with Crippen LogP contribution < -0.4 is 10.1 Å². The topological polar surface area (TPSA) is 58.9 Å². The molecule has 1 N–H and O–H groups in total. The monoisotopic (exact) mass is 494 g/mol. The number of fused-ring (bicyclic) bond motifs is 1. The second-order valence-electron chi connectivity index (χ2n) is 8.46. The van der Waals surface area contributed by atoms with E-state index in [-0.39, 0.29) is 11.7 Å². The highest BCUT2D eigenvalue weighted by atomic mass is 35.5. The lowest BCUT2D eigenvalue weighted by Gasteiger charge is -2.32. The number of carbonyl (C=O) groups is 1. The molecule has 3 aromatic rings. The van der Waals surface area contributed by atoms with Crippen LogP contribution in [0.4, 0.5) is 13.2 Å². The Morgan fingerprint density at radius 2 is 1.88 bits per heavy atom. The highest BCUT2D eigenvalue weighted by Crippen LogP contribution is 2.24. The van der Waals surface area contributed by atoms with Crippen molar-refractivity contribution in [2.75, 3.05) is 19.6 Å². The predicted octanol–water partition coefficient (Wildman–Crippen LogP) is 5.09. The second-order valence-corrected chi connectivity index (χ2v) is 8.89. The molecule has 4 rings (SSSR count). The van der Waals surface area contributed by atoms with Crippen molar-refractivity contribution in [2.45, 2.75) is 39.1 Å². The summed E-state index contributed by atoms with van der Waals surface area (Å²) in [5.41, 5.74) is 2.88. The number of aromatic nitrogens is 2. The molecule has 0 saturated carbocycles. The molecule has 34 heavy (non-hydrogen) atoms. The zero-order chi connectivity index (χ0) is 24.3. The summed E-state index contributed by atoms with van der Waals surface area (Å²) in [6, 6.07) is 9.53. The Kier molecular flexibility index (Phi) is 7.33. The Bertz CT molecular complexity index is 1140. The summed E-state index contributed by atoms with van der Waals surface area (Å²) >= 11 is 6.12. The number of halogens is 4. The minimum Gasteiger partial charge on any atom is -0.406 e. The summed E-state index contributed by atoms with van der Waals surface area (Å²) in [6.45, 7) is 4.91. The molecule has 3 heterocycles. The van der Waals surface area contributed by atoms with Gasteiger partial charge in [0.15, 0.2) is 0 Å². The van der Waals surface area contributed by atoms with Crippen molar-refractivity contribution in [3.8, 4) is 5.75 Å². The molecule has 10 heteroatoms. The van der Waals surface area contributed by atoms with Gasteiger partial charge in [0, 0.05) is 19.3 Å². The summed E-state index contributed by atoms with van der Waals surface area (Å²) in [4.78, 5) is 19.8. The number of pyridine rings is 1. The fraction of sp³-hybridized carbons (Fsp3) is 0.417. The third-order valence-corrected chi connectivity index (χ3v) is 6.25. The highest BCUT2D eigenvalue weighted by Gasteiger charge is 2.31. The van der Waals surface area contributed by atoms with Gasteiger partial charge in [-0.25, -0.2) is 4.98 Å². The van der Waals surface area contributed by atoms with Crippen LogP contribution in [0.2, 0.25) is 5.02 Å². The summed E-state index contributed by atoms with van der Waals surface area (Å²) in [7, 11) is 0. The summed E-state index contributed by atoms with van der Waals surface area (Å²) < 4.78 is 42.6. The molecule has 0 aliphatic carbocycles. The van der Waals surface area contributed by atoms with Gasteiger partial charge in [-0.05, 0) is 68.1 Å². The van der Waals surface area contributed by atoms with E-state index in [9.17, 15) is 18.0 Å². The number of piperidine rings is 1. The van der Waals surface area contributed by atoms with Gasteiger partial charge in [-0.15, -0.1) is 13.2 Å². The summed E-state index contributed by atoms with van der Waals surface area (Å²) in [6.07, 6.45) is -0.485. The molecule has 0 spiro atoms. The molecule has 0 unspecified atom stereocenters. The smallest absolute Gasteiger partial charge is 0.406 e. The lowest BCUT2D eigenvalue weighted by Crippen LogP contribution is -2.38. The average Bonchev–Trinajstić information content (AvgIpc) is 3.16. The third kappa shape index (κ3) is 6.01. The maximum Gasteiger partial charge on any atom is 0.573 e. The SMILES string of the molecule is CCc1nc2ccc(Cl)cn2c1C(=O)NCC1CCN(Cc2ccc(OC(F)(F)F)cc2)CC1. The zero-order valence-corrected chi connectivity index (χ0v) is 19.5. The van der Waals surface area contributed by atoms with E-state index in [1.54, 1.807) is 34.9 Å². The molecule has 0 bridgehead atoms. The van der Waals surface area contributed by atoms with Crippen LogP contribution in [0, 0.1) is 5.92 Å². The minimum atomic E-state index is -4.69. The normalized spacial score (nSPS) is 15.6. The van der Waals surface area contributed by atoms with Crippen molar-refractivity contribution in [1.29, 1.82) is 0 Å². The number of nitrogens with zero attached hydrogens (tertiary/aromatic N) is 3. The van der Waals surface area contributed by atoms with Crippen LogP contribution in [0.1, 0.15) is 41.5 Å². The van der Waals surface area contributed by atoms with E-state index in [4.69, 9.17) is 11.6 Å². The first-order valence-electron chi connectivity index (χ1n) is 11.2. The quantitative estimate of drug-likeness (QED) is 0.497. The molecule has 182 valence electrons. The molecule has 1 amide bonds. The van der Waals surface area contributed by atoms with Crippen molar-refractivity contribution in [3.05, 3.63) is 64.6 Å². The van der Waals surface area contributed by atoms with Gasteiger partial charge in [-0.3, -0.25) is 14.1 Å². The Labute approximate surface area is 200 Å². The lowest BCUT2D eigenvalue weighted by atomic mass is 9.96. The van der Waals surface area contributed by atoms with Crippen LogP contribution in [0.3, 0.4) is 0 Å². The molecule has 1 fully saturated rings. The van der Waals surface area contributed by atoms with Crippen molar-refractivity contribution in [3.63, 3.8) is 0 Å². The van der Waals surface area contributed by atoms with E-state index in [0.29, 0.717) is 41.8 Å². The van der Waals surface area contributed by atoms with Crippen LogP contribution in [0.25, 0.3) is 5.65 Å². The number of imidazole rings is 1. The Morgan fingerprint density at radius 3 is 2.53 bits per heavy atom. The van der Waals surface area contributed by atoms with Crippen LogP contribution in [-0.2, 0) is 13.0 Å².